The molecule has 0 saturated heterocycles. The smallest absolute Gasteiger partial charge is 0.407 e. The molecular weight excluding hydrogens is 785 g/mol. The predicted octanol–water partition coefficient (Wildman–Crippen LogP) is 7.28. The normalized spacial score (nSPS) is 13.0. The molecule has 1 aliphatic rings. The highest BCUT2D eigenvalue weighted by molar-refractivity contribution is 6.00. The van der Waals surface area contributed by atoms with Gasteiger partial charge >= 0.3 is 12.1 Å². The van der Waals surface area contributed by atoms with E-state index in [1.165, 1.54) is 11.0 Å². The molecule has 0 heterocycles. The van der Waals surface area contributed by atoms with Gasteiger partial charge in [-0.05, 0) is 70.0 Å². The largest absolute Gasteiger partial charge is 0.461 e. The maximum Gasteiger partial charge on any atom is 0.407 e. The van der Waals surface area contributed by atoms with Crippen LogP contribution < -0.4 is 16.0 Å². The number of aliphatic hydroxyl groups excluding tert-OH is 1. The Kier molecular flexibility index (Phi) is 15.8. The Balaban J connectivity index is 1.15. The van der Waals surface area contributed by atoms with Gasteiger partial charge < -0.3 is 35.4 Å². The number of carbonyl (C=O) groups excluding carboxylic acids is 5. The van der Waals surface area contributed by atoms with Crippen molar-refractivity contribution in [2.45, 2.75) is 50.2 Å². The first kappa shape index (κ1) is 44.5. The summed E-state index contributed by atoms with van der Waals surface area (Å²) in [4.78, 5) is 70.0. The monoisotopic (exact) mass is 836 g/mol. The first-order valence-electron chi connectivity index (χ1n) is 20.7. The molecule has 0 spiro atoms. The summed E-state index contributed by atoms with van der Waals surface area (Å²) in [5.41, 5.74) is 5.52. The highest BCUT2D eigenvalue weighted by Crippen LogP contribution is 2.44. The lowest BCUT2D eigenvalue weighted by Gasteiger charge is -2.26. The third-order valence-electron chi connectivity index (χ3n) is 10.8. The SMILES string of the molecule is C=CCC[C@H](NC(=O)OCC1c2ccccc2-c2ccccc21)C(=O)OC[C@H](NC(=O)[C@@H](CC=C)CC(=O)N(CCO)Cc1ccccc1)C(=O)Nc1ccc2ccccc2c1. The molecule has 0 radical (unpaired) electrons. The molecule has 0 saturated carbocycles. The average molecular weight is 837 g/mol. The van der Waals surface area contributed by atoms with Gasteiger partial charge in [-0.25, -0.2) is 9.59 Å². The molecule has 0 unspecified atom stereocenters. The third-order valence-corrected chi connectivity index (χ3v) is 10.8. The van der Waals surface area contributed by atoms with Crippen LogP contribution in [0.2, 0.25) is 0 Å². The second-order valence-corrected chi connectivity index (χ2v) is 15.1. The van der Waals surface area contributed by atoms with Gasteiger partial charge in [-0.3, -0.25) is 14.4 Å². The van der Waals surface area contributed by atoms with Crippen molar-refractivity contribution in [1.82, 2.24) is 15.5 Å². The topological polar surface area (TPSA) is 163 Å². The zero-order chi connectivity index (χ0) is 43.8. The van der Waals surface area contributed by atoms with E-state index < -0.39 is 48.5 Å². The van der Waals surface area contributed by atoms with Gasteiger partial charge in [0.25, 0.3) is 5.91 Å². The van der Waals surface area contributed by atoms with Crippen LogP contribution in [0.3, 0.4) is 0 Å². The standard InChI is InChI=1S/C50H52N4O8/c1-3-5-24-44(53-50(60)62-32-43-41-22-13-11-20-39(41)40-21-12-14-23-42(40)43)49(59)61-33-45(48(58)51-38-26-25-35-18-9-10-19-36(35)29-38)52-47(57)37(15-4-2)30-46(56)54(27-28-55)31-34-16-7-6-8-17-34/h3-4,6-14,16-23,25-26,29,37,43-45,55H,1-2,5,15,24,27-28,30-33H2,(H,51,58)(H,52,57)(H,53,60)/t37-,44-,45-/m0/s1. The van der Waals surface area contributed by atoms with E-state index in [9.17, 15) is 29.1 Å². The van der Waals surface area contributed by atoms with Crippen molar-refractivity contribution in [2.75, 3.05) is 31.7 Å². The molecule has 62 heavy (non-hydrogen) atoms. The summed E-state index contributed by atoms with van der Waals surface area (Å²) in [5.74, 6) is -3.69. The number of carbonyl (C=O) groups is 5. The van der Waals surface area contributed by atoms with Crippen molar-refractivity contribution in [3.8, 4) is 11.1 Å². The molecule has 0 aromatic heterocycles. The second kappa shape index (κ2) is 22.0. The van der Waals surface area contributed by atoms with E-state index in [1.54, 1.807) is 18.2 Å². The summed E-state index contributed by atoms with van der Waals surface area (Å²) in [7, 11) is 0. The van der Waals surface area contributed by atoms with Crippen LogP contribution in [-0.2, 0) is 35.2 Å². The number of allylic oxidation sites excluding steroid dienone is 2. The fraction of sp³-hybridized carbons (Fsp3) is 0.260. The average Bonchev–Trinajstić information content (AvgIpc) is 3.61. The maximum atomic E-state index is 14.0. The highest BCUT2D eigenvalue weighted by atomic mass is 16.6. The molecule has 4 N–H and O–H groups in total. The van der Waals surface area contributed by atoms with Crippen molar-refractivity contribution in [2.24, 2.45) is 5.92 Å². The number of nitrogens with zero attached hydrogens (tertiary/aromatic N) is 1. The predicted molar refractivity (Wildman–Crippen MR) is 239 cm³/mol. The van der Waals surface area contributed by atoms with E-state index >= 15 is 0 Å². The number of alkyl carbamates (subject to hydrolysis) is 1. The van der Waals surface area contributed by atoms with Crippen LogP contribution in [0, 0.1) is 5.92 Å². The summed E-state index contributed by atoms with van der Waals surface area (Å²) in [6.45, 7) is 6.96. The van der Waals surface area contributed by atoms with Crippen molar-refractivity contribution < 1.29 is 38.6 Å². The van der Waals surface area contributed by atoms with E-state index in [4.69, 9.17) is 9.47 Å². The zero-order valence-corrected chi connectivity index (χ0v) is 34.5. The van der Waals surface area contributed by atoms with Gasteiger partial charge in [-0.15, -0.1) is 13.2 Å². The summed E-state index contributed by atoms with van der Waals surface area (Å²) >= 11 is 0. The van der Waals surface area contributed by atoms with Crippen molar-refractivity contribution in [3.63, 3.8) is 0 Å². The molecule has 320 valence electrons. The van der Waals surface area contributed by atoms with Gasteiger partial charge in [-0.1, -0.05) is 121 Å². The van der Waals surface area contributed by atoms with Gasteiger partial charge in [0, 0.05) is 31.1 Å². The number of benzene rings is 5. The van der Waals surface area contributed by atoms with E-state index in [-0.39, 0.29) is 57.4 Å². The van der Waals surface area contributed by atoms with Crippen LogP contribution in [0.25, 0.3) is 21.9 Å². The number of anilines is 1. The molecule has 0 bridgehead atoms. The lowest BCUT2D eigenvalue weighted by atomic mass is 9.98. The maximum absolute atomic E-state index is 14.0. The fourth-order valence-corrected chi connectivity index (χ4v) is 7.59. The Morgan fingerprint density at radius 1 is 0.726 bits per heavy atom. The minimum absolute atomic E-state index is 0.0323. The molecular formula is C50H52N4O8. The van der Waals surface area contributed by atoms with Crippen LogP contribution in [0.5, 0.6) is 0 Å². The molecule has 5 aromatic carbocycles. The van der Waals surface area contributed by atoms with Crippen LogP contribution >= 0.6 is 0 Å². The fourth-order valence-electron chi connectivity index (χ4n) is 7.59. The molecule has 0 aliphatic heterocycles. The molecule has 4 amide bonds. The lowest BCUT2D eigenvalue weighted by molar-refractivity contribution is -0.148. The van der Waals surface area contributed by atoms with E-state index in [2.05, 4.69) is 29.1 Å². The Labute approximate surface area is 361 Å². The third kappa shape index (κ3) is 11.6. The molecule has 1 aliphatic carbocycles. The quantitative estimate of drug-likeness (QED) is 0.0443. The molecule has 3 atom stereocenters. The summed E-state index contributed by atoms with van der Waals surface area (Å²) in [6.07, 6.45) is 2.62. The van der Waals surface area contributed by atoms with E-state index in [0.29, 0.717) is 12.1 Å². The number of rotatable bonds is 21. The summed E-state index contributed by atoms with van der Waals surface area (Å²) in [5, 5.41) is 19.7. The van der Waals surface area contributed by atoms with Crippen molar-refractivity contribution in [1.29, 1.82) is 0 Å². The highest BCUT2D eigenvalue weighted by Gasteiger charge is 2.32. The number of aliphatic hydroxyl groups is 1. The van der Waals surface area contributed by atoms with Crippen LogP contribution in [0.4, 0.5) is 10.5 Å². The van der Waals surface area contributed by atoms with Gasteiger partial charge in [0.05, 0.1) is 12.5 Å². The molecule has 12 heteroatoms. The van der Waals surface area contributed by atoms with Gasteiger partial charge in [0.2, 0.25) is 11.8 Å². The van der Waals surface area contributed by atoms with Crippen molar-refractivity contribution in [3.05, 3.63) is 163 Å². The van der Waals surface area contributed by atoms with Crippen LogP contribution in [0.15, 0.2) is 147 Å². The van der Waals surface area contributed by atoms with E-state index in [1.807, 2.05) is 109 Å². The van der Waals surface area contributed by atoms with Crippen LogP contribution in [-0.4, -0.2) is 78.2 Å². The molecule has 0 fully saturated rings. The molecule has 12 nitrogen and oxygen atoms in total. The van der Waals surface area contributed by atoms with Gasteiger partial charge in [0.15, 0.2) is 0 Å². The molecule has 5 aromatic rings. The summed E-state index contributed by atoms with van der Waals surface area (Å²) < 4.78 is 11.4. The minimum atomic E-state index is -1.41. The first-order chi connectivity index (χ1) is 30.2. The number of nitrogens with one attached hydrogen (secondary N) is 3. The second-order valence-electron chi connectivity index (χ2n) is 15.1. The Hall–Kier alpha value is -7.05. The lowest BCUT2D eigenvalue weighted by Crippen LogP contribution is -2.50. The number of esters is 1. The number of fused-ring (bicyclic) bond motifs is 4. The van der Waals surface area contributed by atoms with Crippen molar-refractivity contribution >= 4 is 46.2 Å². The minimum Gasteiger partial charge on any atom is -0.461 e. The molecule has 6 rings (SSSR count). The summed E-state index contributed by atoms with van der Waals surface area (Å²) in [6, 6.07) is 35.5. The number of amides is 4. The number of ether oxygens (including phenoxy) is 2. The number of hydrogen-bond donors (Lipinski definition) is 4. The van der Waals surface area contributed by atoms with E-state index in [0.717, 1.165) is 38.6 Å². The Bertz CT molecular complexity index is 2340. The Morgan fingerprint density at radius 2 is 1.39 bits per heavy atom. The van der Waals surface area contributed by atoms with Crippen LogP contribution in [0.1, 0.15) is 48.3 Å². The van der Waals surface area contributed by atoms with Gasteiger partial charge in [-0.2, -0.15) is 0 Å². The Morgan fingerprint density at radius 3 is 2.06 bits per heavy atom. The number of hydrogen-bond acceptors (Lipinski definition) is 8. The zero-order valence-electron chi connectivity index (χ0n) is 34.5. The van der Waals surface area contributed by atoms with Gasteiger partial charge in [0.1, 0.15) is 25.3 Å². The first-order valence-corrected chi connectivity index (χ1v) is 20.7.